The lowest BCUT2D eigenvalue weighted by Gasteiger charge is -2.24. The molecule has 0 saturated heterocycles. The number of amides is 1. The van der Waals surface area contributed by atoms with E-state index < -0.39 is 0 Å². The second kappa shape index (κ2) is 8.24. The summed E-state index contributed by atoms with van der Waals surface area (Å²) in [5.74, 6) is 0.582. The smallest absolute Gasteiger partial charge is 0.255 e. The second-order valence-corrected chi connectivity index (χ2v) is 5.36. The van der Waals surface area contributed by atoms with Crippen LogP contribution in [-0.4, -0.2) is 25.6 Å². The molecule has 1 amide bonds. The van der Waals surface area contributed by atoms with Crippen molar-refractivity contribution in [3.05, 3.63) is 48.0 Å². The lowest BCUT2D eigenvalue weighted by molar-refractivity contribution is 0.102. The first-order valence-electron chi connectivity index (χ1n) is 8.27. The highest BCUT2D eigenvalue weighted by atomic mass is 16.5. The van der Waals surface area contributed by atoms with Crippen LogP contribution in [0.3, 0.4) is 0 Å². The van der Waals surface area contributed by atoms with Crippen LogP contribution in [0.25, 0.3) is 0 Å². The van der Waals surface area contributed by atoms with E-state index in [-0.39, 0.29) is 5.91 Å². The molecule has 0 heterocycles. The minimum Gasteiger partial charge on any atom is -0.494 e. The van der Waals surface area contributed by atoms with Crippen LogP contribution >= 0.6 is 0 Å². The summed E-state index contributed by atoms with van der Waals surface area (Å²) in [5, 5.41) is 2.97. The standard InChI is InChI=1S/C19H25N3O2/c1-4-22(5-2)18-12-9-15(20)13-17(18)21-19(23)14-7-10-16(11-8-14)24-6-3/h7-13H,4-6,20H2,1-3H3,(H,21,23). The van der Waals surface area contributed by atoms with E-state index in [4.69, 9.17) is 10.5 Å². The molecule has 2 aromatic carbocycles. The number of nitrogens with one attached hydrogen (secondary N) is 1. The number of carbonyl (C=O) groups excluding carboxylic acids is 1. The van der Waals surface area contributed by atoms with Crippen LogP contribution in [0.1, 0.15) is 31.1 Å². The first kappa shape index (κ1) is 17.7. The molecule has 0 atom stereocenters. The first-order chi connectivity index (χ1) is 11.6. The summed E-state index contributed by atoms with van der Waals surface area (Å²) >= 11 is 0. The average molecular weight is 327 g/mol. The second-order valence-electron chi connectivity index (χ2n) is 5.36. The van der Waals surface area contributed by atoms with Crippen LogP contribution in [0.4, 0.5) is 17.1 Å². The maximum absolute atomic E-state index is 12.5. The Kier molecular flexibility index (Phi) is 6.07. The summed E-state index contributed by atoms with van der Waals surface area (Å²) in [6, 6.07) is 12.7. The van der Waals surface area contributed by atoms with Crippen molar-refractivity contribution in [3.63, 3.8) is 0 Å². The summed E-state index contributed by atoms with van der Waals surface area (Å²) in [4.78, 5) is 14.7. The number of nitrogens with zero attached hydrogens (tertiary/aromatic N) is 1. The Bertz CT molecular complexity index is 680. The molecule has 0 bridgehead atoms. The van der Waals surface area contributed by atoms with Crippen molar-refractivity contribution in [2.45, 2.75) is 20.8 Å². The van der Waals surface area contributed by atoms with Crippen LogP contribution in [0.2, 0.25) is 0 Å². The Labute approximate surface area is 143 Å². The molecule has 0 aliphatic carbocycles. The van der Waals surface area contributed by atoms with E-state index in [1.807, 2.05) is 19.1 Å². The summed E-state index contributed by atoms with van der Waals surface area (Å²) in [6.45, 7) is 8.39. The third kappa shape index (κ3) is 4.19. The van der Waals surface area contributed by atoms with Crippen LogP contribution in [0.15, 0.2) is 42.5 Å². The van der Waals surface area contributed by atoms with Crippen LogP contribution in [-0.2, 0) is 0 Å². The van der Waals surface area contributed by atoms with E-state index in [1.54, 1.807) is 30.3 Å². The highest BCUT2D eigenvalue weighted by Gasteiger charge is 2.13. The Morgan fingerprint density at radius 3 is 2.33 bits per heavy atom. The maximum atomic E-state index is 12.5. The quantitative estimate of drug-likeness (QED) is 0.760. The zero-order valence-corrected chi connectivity index (χ0v) is 14.5. The minimum atomic E-state index is -0.169. The van der Waals surface area contributed by atoms with Gasteiger partial charge in [-0.15, -0.1) is 0 Å². The number of hydrogen-bond donors (Lipinski definition) is 2. The van der Waals surface area contributed by atoms with Gasteiger partial charge in [0.2, 0.25) is 0 Å². The predicted octanol–water partition coefficient (Wildman–Crippen LogP) is 3.77. The largest absolute Gasteiger partial charge is 0.494 e. The first-order valence-corrected chi connectivity index (χ1v) is 8.27. The van der Waals surface area contributed by atoms with Gasteiger partial charge in [-0.1, -0.05) is 0 Å². The topological polar surface area (TPSA) is 67.6 Å². The highest BCUT2D eigenvalue weighted by Crippen LogP contribution is 2.28. The van der Waals surface area contributed by atoms with Gasteiger partial charge in [0.15, 0.2) is 0 Å². The fraction of sp³-hybridized carbons (Fsp3) is 0.316. The van der Waals surface area contributed by atoms with Crippen LogP contribution < -0.4 is 20.7 Å². The number of nitrogen functional groups attached to an aromatic ring is 1. The fourth-order valence-corrected chi connectivity index (χ4v) is 2.56. The summed E-state index contributed by atoms with van der Waals surface area (Å²) in [5.41, 5.74) is 8.77. The van der Waals surface area contributed by atoms with E-state index in [2.05, 4.69) is 24.1 Å². The summed E-state index contributed by atoms with van der Waals surface area (Å²) in [6.07, 6.45) is 0. The Morgan fingerprint density at radius 1 is 1.08 bits per heavy atom. The summed E-state index contributed by atoms with van der Waals surface area (Å²) in [7, 11) is 0. The van der Waals surface area contributed by atoms with Gasteiger partial charge in [0.25, 0.3) is 5.91 Å². The number of benzene rings is 2. The molecule has 0 aromatic heterocycles. The Morgan fingerprint density at radius 2 is 1.75 bits per heavy atom. The molecule has 0 unspecified atom stereocenters. The number of ether oxygens (including phenoxy) is 1. The molecule has 3 N–H and O–H groups in total. The molecular weight excluding hydrogens is 302 g/mol. The van der Waals surface area contributed by atoms with Gasteiger partial charge in [-0.05, 0) is 63.2 Å². The van der Waals surface area contributed by atoms with Gasteiger partial charge >= 0.3 is 0 Å². The Balaban J connectivity index is 2.23. The molecule has 2 aromatic rings. The van der Waals surface area contributed by atoms with E-state index >= 15 is 0 Å². The molecule has 0 radical (unpaired) electrons. The molecule has 5 heteroatoms. The van der Waals surface area contributed by atoms with E-state index in [9.17, 15) is 4.79 Å². The van der Waals surface area contributed by atoms with Crippen molar-refractivity contribution >= 4 is 23.0 Å². The summed E-state index contributed by atoms with van der Waals surface area (Å²) < 4.78 is 5.40. The molecule has 0 spiro atoms. The molecular formula is C19H25N3O2. The molecule has 0 aliphatic rings. The van der Waals surface area contributed by atoms with Gasteiger partial charge < -0.3 is 20.7 Å². The number of rotatable bonds is 7. The van der Waals surface area contributed by atoms with Gasteiger partial charge in [0.1, 0.15) is 5.75 Å². The van der Waals surface area contributed by atoms with E-state index in [0.717, 1.165) is 30.2 Å². The third-order valence-electron chi connectivity index (χ3n) is 3.80. The average Bonchev–Trinajstić information content (AvgIpc) is 2.58. The van der Waals surface area contributed by atoms with E-state index in [1.165, 1.54) is 0 Å². The minimum absolute atomic E-state index is 0.169. The molecule has 5 nitrogen and oxygen atoms in total. The fourth-order valence-electron chi connectivity index (χ4n) is 2.56. The van der Waals surface area contributed by atoms with Crippen molar-refractivity contribution in [2.24, 2.45) is 0 Å². The van der Waals surface area contributed by atoms with Gasteiger partial charge in [0, 0.05) is 24.3 Å². The number of carbonyl (C=O) groups is 1. The monoisotopic (exact) mass is 327 g/mol. The molecule has 128 valence electrons. The van der Waals surface area contributed by atoms with Crippen molar-refractivity contribution in [1.29, 1.82) is 0 Å². The SMILES string of the molecule is CCOc1ccc(C(=O)Nc2cc(N)ccc2N(CC)CC)cc1. The molecule has 24 heavy (non-hydrogen) atoms. The molecule has 0 saturated carbocycles. The maximum Gasteiger partial charge on any atom is 0.255 e. The normalized spacial score (nSPS) is 10.3. The van der Waals surface area contributed by atoms with Crippen LogP contribution in [0, 0.1) is 0 Å². The number of anilines is 3. The lowest BCUT2D eigenvalue weighted by atomic mass is 10.1. The van der Waals surface area contributed by atoms with Gasteiger partial charge in [-0.25, -0.2) is 0 Å². The van der Waals surface area contributed by atoms with Crippen molar-refractivity contribution in [3.8, 4) is 5.75 Å². The van der Waals surface area contributed by atoms with Gasteiger partial charge in [-0.3, -0.25) is 4.79 Å². The third-order valence-corrected chi connectivity index (χ3v) is 3.80. The lowest BCUT2D eigenvalue weighted by Crippen LogP contribution is -2.24. The number of nitrogens with two attached hydrogens (primary N) is 1. The van der Waals surface area contributed by atoms with Gasteiger partial charge in [-0.2, -0.15) is 0 Å². The van der Waals surface area contributed by atoms with Crippen molar-refractivity contribution in [1.82, 2.24) is 0 Å². The number of hydrogen-bond acceptors (Lipinski definition) is 4. The predicted molar refractivity (Wildman–Crippen MR) is 100.0 cm³/mol. The zero-order chi connectivity index (χ0) is 17.5. The van der Waals surface area contributed by atoms with E-state index in [0.29, 0.717) is 17.9 Å². The highest BCUT2D eigenvalue weighted by molar-refractivity contribution is 6.06. The zero-order valence-electron chi connectivity index (χ0n) is 14.5. The molecule has 0 fully saturated rings. The van der Waals surface area contributed by atoms with Gasteiger partial charge in [0.05, 0.1) is 18.0 Å². The Hall–Kier alpha value is -2.69. The van der Waals surface area contributed by atoms with Crippen molar-refractivity contribution in [2.75, 3.05) is 35.6 Å². The molecule has 2 rings (SSSR count). The molecule has 0 aliphatic heterocycles. The van der Waals surface area contributed by atoms with Crippen LogP contribution in [0.5, 0.6) is 5.75 Å². The van der Waals surface area contributed by atoms with Crippen molar-refractivity contribution < 1.29 is 9.53 Å².